The lowest BCUT2D eigenvalue weighted by Gasteiger charge is -2.13. The zero-order valence-corrected chi connectivity index (χ0v) is 17.7. The highest BCUT2D eigenvalue weighted by molar-refractivity contribution is 5.79. The predicted octanol–water partition coefficient (Wildman–Crippen LogP) is 3.49. The highest BCUT2D eigenvalue weighted by atomic mass is 15.3. The van der Waals surface area contributed by atoms with Gasteiger partial charge in [-0.25, -0.2) is 9.67 Å². The van der Waals surface area contributed by atoms with Crippen LogP contribution in [0.5, 0.6) is 0 Å². The van der Waals surface area contributed by atoms with Gasteiger partial charge in [0.2, 0.25) is 0 Å². The number of hydrogen-bond acceptors (Lipinski definition) is 3. The molecule has 29 heavy (non-hydrogen) atoms. The van der Waals surface area contributed by atoms with Crippen LogP contribution < -0.4 is 10.6 Å². The Balaban J connectivity index is 1.70. The average molecular weight is 391 g/mol. The van der Waals surface area contributed by atoms with Crippen molar-refractivity contribution in [2.24, 2.45) is 4.99 Å². The predicted molar refractivity (Wildman–Crippen MR) is 119 cm³/mol. The highest BCUT2D eigenvalue weighted by Crippen LogP contribution is 2.17. The molecule has 0 saturated heterocycles. The molecule has 3 rings (SSSR count). The summed E-state index contributed by atoms with van der Waals surface area (Å²) >= 11 is 0. The quantitative estimate of drug-likeness (QED) is 0.479. The molecule has 0 radical (unpaired) electrons. The summed E-state index contributed by atoms with van der Waals surface area (Å²) in [5, 5.41) is 11.4. The molecule has 0 saturated carbocycles. The van der Waals surface area contributed by atoms with Gasteiger partial charge in [-0.1, -0.05) is 18.2 Å². The van der Waals surface area contributed by atoms with E-state index in [-0.39, 0.29) is 0 Å². The number of para-hydroxylation sites is 1. The van der Waals surface area contributed by atoms with Crippen molar-refractivity contribution in [2.75, 3.05) is 13.1 Å². The van der Waals surface area contributed by atoms with Crippen molar-refractivity contribution in [3.63, 3.8) is 0 Å². The maximum absolute atomic E-state index is 4.80. The third kappa shape index (κ3) is 5.44. The van der Waals surface area contributed by atoms with Gasteiger partial charge in [0.25, 0.3) is 0 Å². The summed E-state index contributed by atoms with van der Waals surface area (Å²) in [4.78, 5) is 8.96. The number of aromatic nitrogens is 3. The minimum absolute atomic E-state index is 0.581. The largest absolute Gasteiger partial charge is 0.357 e. The Morgan fingerprint density at radius 1 is 1.07 bits per heavy atom. The van der Waals surface area contributed by atoms with Crippen LogP contribution in [0.25, 0.3) is 5.69 Å². The Hall–Kier alpha value is -3.15. The standard InChI is InChI=1S/C23H30N6/c1-5-25-23(26-13-11-20-10-12-24-15-17(20)2)27-16-21-8-6-7-9-22(21)29-19(4)14-18(3)28-29/h6-10,12,14-15H,5,11,13,16H2,1-4H3,(H2,25,26,27). The highest BCUT2D eigenvalue weighted by Gasteiger charge is 2.09. The topological polar surface area (TPSA) is 67.1 Å². The second kappa shape index (κ2) is 9.87. The molecule has 2 N–H and O–H groups in total. The second-order valence-electron chi connectivity index (χ2n) is 7.14. The van der Waals surface area contributed by atoms with Gasteiger partial charge in [-0.15, -0.1) is 0 Å². The third-order valence-electron chi connectivity index (χ3n) is 4.80. The molecule has 0 amide bonds. The molecule has 6 nitrogen and oxygen atoms in total. The molecule has 0 fully saturated rings. The van der Waals surface area contributed by atoms with E-state index in [2.05, 4.69) is 65.8 Å². The summed E-state index contributed by atoms with van der Waals surface area (Å²) < 4.78 is 1.99. The smallest absolute Gasteiger partial charge is 0.191 e. The van der Waals surface area contributed by atoms with Crippen molar-refractivity contribution in [1.29, 1.82) is 0 Å². The Kier molecular flexibility index (Phi) is 7.00. The third-order valence-corrected chi connectivity index (χ3v) is 4.80. The van der Waals surface area contributed by atoms with Gasteiger partial charge >= 0.3 is 0 Å². The van der Waals surface area contributed by atoms with Crippen LogP contribution in [0.4, 0.5) is 0 Å². The minimum Gasteiger partial charge on any atom is -0.357 e. The first-order chi connectivity index (χ1) is 14.1. The van der Waals surface area contributed by atoms with E-state index in [0.717, 1.165) is 48.1 Å². The summed E-state index contributed by atoms with van der Waals surface area (Å²) in [6, 6.07) is 12.5. The summed E-state index contributed by atoms with van der Waals surface area (Å²) in [6.07, 6.45) is 4.68. The number of pyridine rings is 1. The van der Waals surface area contributed by atoms with Crippen LogP contribution in [0.1, 0.15) is 35.0 Å². The molecule has 1 aromatic carbocycles. The van der Waals surface area contributed by atoms with Crippen LogP contribution in [0.3, 0.4) is 0 Å². The zero-order valence-electron chi connectivity index (χ0n) is 17.7. The zero-order chi connectivity index (χ0) is 20.6. The second-order valence-corrected chi connectivity index (χ2v) is 7.14. The van der Waals surface area contributed by atoms with E-state index in [4.69, 9.17) is 4.99 Å². The Bertz CT molecular complexity index is 973. The summed E-state index contributed by atoms with van der Waals surface area (Å²) in [5.41, 5.74) is 6.87. The summed E-state index contributed by atoms with van der Waals surface area (Å²) in [7, 11) is 0. The molecule has 0 unspecified atom stereocenters. The van der Waals surface area contributed by atoms with Crippen LogP contribution >= 0.6 is 0 Å². The molecule has 3 aromatic rings. The molecule has 0 spiro atoms. The van der Waals surface area contributed by atoms with Crippen molar-refractivity contribution < 1.29 is 0 Å². The first kappa shape index (κ1) is 20.6. The van der Waals surface area contributed by atoms with E-state index < -0.39 is 0 Å². The lowest BCUT2D eigenvalue weighted by molar-refractivity contribution is 0.789. The maximum Gasteiger partial charge on any atom is 0.191 e. The maximum atomic E-state index is 4.80. The van der Waals surface area contributed by atoms with Crippen LogP contribution in [-0.4, -0.2) is 33.8 Å². The first-order valence-electron chi connectivity index (χ1n) is 10.1. The van der Waals surface area contributed by atoms with Gasteiger partial charge in [-0.05, 0) is 69.0 Å². The van der Waals surface area contributed by atoms with Gasteiger partial charge in [0.05, 0.1) is 17.9 Å². The first-order valence-corrected chi connectivity index (χ1v) is 10.1. The van der Waals surface area contributed by atoms with E-state index in [1.54, 1.807) is 0 Å². The van der Waals surface area contributed by atoms with E-state index in [1.165, 1.54) is 11.1 Å². The van der Waals surface area contributed by atoms with Gasteiger partial charge in [-0.2, -0.15) is 5.10 Å². The fourth-order valence-electron chi connectivity index (χ4n) is 3.33. The monoisotopic (exact) mass is 390 g/mol. The van der Waals surface area contributed by atoms with Gasteiger partial charge in [0, 0.05) is 31.2 Å². The lowest BCUT2D eigenvalue weighted by atomic mass is 10.1. The molecule has 0 aliphatic heterocycles. The molecule has 0 aliphatic carbocycles. The molecule has 6 heteroatoms. The molecular formula is C23H30N6. The van der Waals surface area contributed by atoms with Crippen LogP contribution in [0.15, 0.2) is 53.8 Å². The Morgan fingerprint density at radius 2 is 1.90 bits per heavy atom. The Labute approximate surface area is 173 Å². The number of nitrogens with zero attached hydrogens (tertiary/aromatic N) is 4. The Morgan fingerprint density at radius 3 is 2.62 bits per heavy atom. The number of nitrogens with one attached hydrogen (secondary N) is 2. The molecular weight excluding hydrogens is 360 g/mol. The number of benzene rings is 1. The SMILES string of the molecule is CCNC(=NCc1ccccc1-n1nc(C)cc1C)NCCc1ccncc1C. The summed E-state index contributed by atoms with van der Waals surface area (Å²) in [6.45, 7) is 10.5. The van der Waals surface area contributed by atoms with E-state index in [9.17, 15) is 0 Å². The normalized spacial score (nSPS) is 11.5. The molecule has 0 aliphatic rings. The number of hydrogen-bond donors (Lipinski definition) is 2. The van der Waals surface area contributed by atoms with E-state index in [0.29, 0.717) is 6.54 Å². The number of aliphatic imine (C=N–C) groups is 1. The van der Waals surface area contributed by atoms with Crippen molar-refractivity contribution >= 4 is 5.96 Å². The molecule has 152 valence electrons. The minimum atomic E-state index is 0.581. The molecule has 0 atom stereocenters. The van der Waals surface area contributed by atoms with Crippen molar-refractivity contribution in [2.45, 2.75) is 40.7 Å². The van der Waals surface area contributed by atoms with Gasteiger partial charge in [0.1, 0.15) is 0 Å². The van der Waals surface area contributed by atoms with Crippen molar-refractivity contribution in [3.8, 4) is 5.69 Å². The van der Waals surface area contributed by atoms with Crippen LogP contribution in [0.2, 0.25) is 0 Å². The van der Waals surface area contributed by atoms with Crippen LogP contribution in [0, 0.1) is 20.8 Å². The van der Waals surface area contributed by atoms with Crippen LogP contribution in [-0.2, 0) is 13.0 Å². The summed E-state index contributed by atoms with van der Waals surface area (Å²) in [5.74, 6) is 0.822. The molecule has 2 heterocycles. The number of rotatable bonds is 7. The number of aryl methyl sites for hydroxylation is 3. The van der Waals surface area contributed by atoms with Gasteiger partial charge in [0.15, 0.2) is 5.96 Å². The van der Waals surface area contributed by atoms with Crippen molar-refractivity contribution in [3.05, 3.63) is 76.9 Å². The van der Waals surface area contributed by atoms with E-state index in [1.807, 2.05) is 36.1 Å². The van der Waals surface area contributed by atoms with Gasteiger partial charge in [-0.3, -0.25) is 4.98 Å². The van der Waals surface area contributed by atoms with E-state index >= 15 is 0 Å². The fourth-order valence-corrected chi connectivity index (χ4v) is 3.33. The molecule has 0 bridgehead atoms. The molecule has 2 aromatic heterocycles. The number of guanidine groups is 1. The average Bonchev–Trinajstić information content (AvgIpc) is 3.05. The fraction of sp³-hybridized carbons (Fsp3) is 0.348. The van der Waals surface area contributed by atoms with Gasteiger partial charge < -0.3 is 10.6 Å². The lowest BCUT2D eigenvalue weighted by Crippen LogP contribution is -2.38. The van der Waals surface area contributed by atoms with Crippen molar-refractivity contribution in [1.82, 2.24) is 25.4 Å².